The van der Waals surface area contributed by atoms with E-state index in [-0.39, 0.29) is 28.9 Å². The lowest BCUT2D eigenvalue weighted by Gasteiger charge is -2.15. The van der Waals surface area contributed by atoms with Gasteiger partial charge in [0.05, 0.1) is 12.2 Å². The summed E-state index contributed by atoms with van der Waals surface area (Å²) in [4.78, 5) is 25.4. The van der Waals surface area contributed by atoms with Crippen LogP contribution >= 0.6 is 11.6 Å². The molecule has 2 N–H and O–H groups in total. The lowest BCUT2D eigenvalue weighted by Crippen LogP contribution is -2.23. The molecule has 6 nitrogen and oxygen atoms in total. The molecule has 0 aromatic heterocycles. The van der Waals surface area contributed by atoms with Gasteiger partial charge in [-0.1, -0.05) is 11.6 Å². The molecule has 0 saturated heterocycles. The van der Waals surface area contributed by atoms with Crippen LogP contribution in [0.3, 0.4) is 0 Å². The molecule has 0 spiro atoms. The minimum atomic E-state index is -4.49. The van der Waals surface area contributed by atoms with Crippen molar-refractivity contribution in [3.05, 3.63) is 53.1 Å². The SMILES string of the molecule is CN(C)C(=O)c1ccc(NC(=O)CNc2cc(Cl)ccc2OCC(F)(F)F)cc1. The number of ether oxygens (including phenoxy) is 1. The maximum Gasteiger partial charge on any atom is 0.422 e. The molecule has 0 heterocycles. The van der Waals surface area contributed by atoms with E-state index in [1.54, 1.807) is 38.4 Å². The summed E-state index contributed by atoms with van der Waals surface area (Å²) in [5, 5.41) is 5.59. The number of rotatable bonds is 7. The summed E-state index contributed by atoms with van der Waals surface area (Å²) < 4.78 is 41.9. The maximum atomic E-state index is 12.4. The molecular formula is C19H19ClF3N3O3. The summed E-state index contributed by atoms with van der Waals surface area (Å²) in [7, 11) is 3.26. The van der Waals surface area contributed by atoms with Crippen molar-refractivity contribution in [1.82, 2.24) is 4.90 Å². The third-order valence-corrected chi connectivity index (χ3v) is 3.83. The molecule has 0 aliphatic heterocycles. The number of alkyl halides is 3. The summed E-state index contributed by atoms with van der Waals surface area (Å²) in [5.41, 5.74) is 1.09. The van der Waals surface area contributed by atoms with Crippen LogP contribution in [0.5, 0.6) is 5.75 Å². The normalized spacial score (nSPS) is 11.0. The van der Waals surface area contributed by atoms with Crippen molar-refractivity contribution in [1.29, 1.82) is 0 Å². The van der Waals surface area contributed by atoms with Crippen molar-refractivity contribution in [3.63, 3.8) is 0 Å². The minimum Gasteiger partial charge on any atom is -0.482 e. The van der Waals surface area contributed by atoms with Crippen LogP contribution in [0.4, 0.5) is 24.5 Å². The van der Waals surface area contributed by atoms with Crippen molar-refractivity contribution in [2.75, 3.05) is 37.9 Å². The van der Waals surface area contributed by atoms with Crippen LogP contribution in [0, 0.1) is 0 Å². The predicted octanol–water partition coefficient (Wildman–Crippen LogP) is 4.03. The highest BCUT2D eigenvalue weighted by Gasteiger charge is 2.28. The first-order valence-corrected chi connectivity index (χ1v) is 8.77. The lowest BCUT2D eigenvalue weighted by atomic mass is 10.2. The highest BCUT2D eigenvalue weighted by Crippen LogP contribution is 2.29. The van der Waals surface area contributed by atoms with Gasteiger partial charge < -0.3 is 20.3 Å². The molecule has 0 radical (unpaired) electrons. The summed E-state index contributed by atoms with van der Waals surface area (Å²) in [6.07, 6.45) is -4.49. The Morgan fingerprint density at radius 1 is 1.10 bits per heavy atom. The average Bonchev–Trinajstić information content (AvgIpc) is 2.64. The molecule has 0 saturated carbocycles. The van der Waals surface area contributed by atoms with Crippen LogP contribution in [-0.2, 0) is 4.79 Å². The topological polar surface area (TPSA) is 70.7 Å². The zero-order valence-electron chi connectivity index (χ0n) is 15.6. The second kappa shape index (κ2) is 9.51. The molecule has 2 aromatic carbocycles. The molecule has 29 heavy (non-hydrogen) atoms. The molecule has 0 bridgehead atoms. The van der Waals surface area contributed by atoms with E-state index in [1.807, 2.05) is 0 Å². The molecule has 2 aromatic rings. The number of hydrogen-bond donors (Lipinski definition) is 2. The fourth-order valence-electron chi connectivity index (χ4n) is 2.26. The van der Waals surface area contributed by atoms with Crippen LogP contribution in [0.15, 0.2) is 42.5 Å². The molecule has 2 amide bonds. The van der Waals surface area contributed by atoms with Crippen molar-refractivity contribution < 1.29 is 27.5 Å². The molecular weight excluding hydrogens is 411 g/mol. The zero-order valence-corrected chi connectivity index (χ0v) is 16.4. The highest BCUT2D eigenvalue weighted by molar-refractivity contribution is 6.31. The standard InChI is InChI=1S/C19H19ClF3N3O3/c1-26(2)18(28)12-3-6-14(7-4-12)25-17(27)10-24-15-9-13(20)5-8-16(15)29-11-19(21,22)23/h3-9,24H,10-11H2,1-2H3,(H,25,27). The Bertz CT molecular complexity index is 871. The Kier molecular flexibility index (Phi) is 7.33. The van der Waals surface area contributed by atoms with Gasteiger partial charge in [0.2, 0.25) is 5.91 Å². The molecule has 10 heteroatoms. The summed E-state index contributed by atoms with van der Waals surface area (Å²) in [6.45, 7) is -1.70. The molecule has 0 fully saturated rings. The van der Waals surface area contributed by atoms with Gasteiger partial charge in [0.25, 0.3) is 5.91 Å². The van der Waals surface area contributed by atoms with E-state index in [4.69, 9.17) is 16.3 Å². The van der Waals surface area contributed by atoms with E-state index >= 15 is 0 Å². The van der Waals surface area contributed by atoms with E-state index in [9.17, 15) is 22.8 Å². The third-order valence-electron chi connectivity index (χ3n) is 3.59. The van der Waals surface area contributed by atoms with Crippen molar-refractivity contribution in [3.8, 4) is 5.75 Å². The van der Waals surface area contributed by atoms with Gasteiger partial charge in [-0.25, -0.2) is 0 Å². The number of nitrogens with one attached hydrogen (secondary N) is 2. The molecule has 156 valence electrons. The molecule has 0 aliphatic carbocycles. The van der Waals surface area contributed by atoms with Crippen LogP contribution in [0.1, 0.15) is 10.4 Å². The Morgan fingerprint density at radius 2 is 1.76 bits per heavy atom. The first-order chi connectivity index (χ1) is 13.5. The van der Waals surface area contributed by atoms with Crippen LogP contribution in [0.25, 0.3) is 0 Å². The molecule has 0 aliphatic rings. The number of benzene rings is 2. The van der Waals surface area contributed by atoms with Gasteiger partial charge in [0.15, 0.2) is 6.61 Å². The molecule has 0 atom stereocenters. The Morgan fingerprint density at radius 3 is 2.34 bits per heavy atom. The van der Waals surface area contributed by atoms with E-state index in [0.717, 1.165) is 0 Å². The number of amides is 2. The van der Waals surface area contributed by atoms with Gasteiger partial charge in [-0.2, -0.15) is 13.2 Å². The van der Waals surface area contributed by atoms with E-state index in [1.165, 1.54) is 23.1 Å². The van der Waals surface area contributed by atoms with Crippen molar-refractivity contribution in [2.45, 2.75) is 6.18 Å². The number of hydrogen-bond acceptors (Lipinski definition) is 4. The van der Waals surface area contributed by atoms with Crippen molar-refractivity contribution in [2.24, 2.45) is 0 Å². The van der Waals surface area contributed by atoms with Crippen LogP contribution in [-0.4, -0.2) is 50.1 Å². The quantitative estimate of drug-likeness (QED) is 0.697. The number of carbonyl (C=O) groups excluding carboxylic acids is 2. The van der Waals surface area contributed by atoms with E-state index in [0.29, 0.717) is 11.3 Å². The lowest BCUT2D eigenvalue weighted by molar-refractivity contribution is -0.153. The van der Waals surface area contributed by atoms with Gasteiger partial charge in [-0.15, -0.1) is 0 Å². The fourth-order valence-corrected chi connectivity index (χ4v) is 2.43. The summed E-state index contributed by atoms with van der Waals surface area (Å²) in [6, 6.07) is 10.3. The Labute approximate surface area is 170 Å². The smallest absolute Gasteiger partial charge is 0.422 e. The second-order valence-corrected chi connectivity index (χ2v) is 6.66. The van der Waals surface area contributed by atoms with Gasteiger partial charge in [0.1, 0.15) is 5.75 Å². The van der Waals surface area contributed by atoms with E-state index in [2.05, 4.69) is 10.6 Å². The highest BCUT2D eigenvalue weighted by atomic mass is 35.5. The van der Waals surface area contributed by atoms with Crippen LogP contribution < -0.4 is 15.4 Å². The zero-order chi connectivity index (χ0) is 21.6. The molecule has 2 rings (SSSR count). The maximum absolute atomic E-state index is 12.4. The third kappa shape index (κ3) is 7.19. The van der Waals surface area contributed by atoms with Crippen molar-refractivity contribution >= 4 is 34.8 Å². The number of nitrogens with zero attached hydrogens (tertiary/aromatic N) is 1. The first kappa shape index (κ1) is 22.4. The first-order valence-electron chi connectivity index (χ1n) is 8.40. The van der Waals surface area contributed by atoms with E-state index < -0.39 is 18.7 Å². The minimum absolute atomic E-state index is 0.0777. The monoisotopic (exact) mass is 429 g/mol. The largest absolute Gasteiger partial charge is 0.482 e. The average molecular weight is 430 g/mol. The van der Waals surface area contributed by atoms with Crippen LogP contribution in [0.2, 0.25) is 5.02 Å². The number of halogens is 4. The Hall–Kier alpha value is -2.94. The number of carbonyl (C=O) groups is 2. The Balaban J connectivity index is 1.97. The fraction of sp³-hybridized carbons (Fsp3) is 0.263. The van der Waals surface area contributed by atoms with Gasteiger partial charge in [0, 0.05) is 30.4 Å². The predicted molar refractivity (Wildman–Crippen MR) is 105 cm³/mol. The number of anilines is 2. The molecule has 0 unspecified atom stereocenters. The van der Waals surface area contributed by atoms with Gasteiger partial charge in [-0.05, 0) is 42.5 Å². The second-order valence-electron chi connectivity index (χ2n) is 6.22. The van der Waals surface area contributed by atoms with Gasteiger partial charge in [-0.3, -0.25) is 9.59 Å². The summed E-state index contributed by atoms with van der Waals surface area (Å²) >= 11 is 5.87. The summed E-state index contributed by atoms with van der Waals surface area (Å²) in [5.74, 6) is -0.693. The van der Waals surface area contributed by atoms with Gasteiger partial charge >= 0.3 is 6.18 Å².